The van der Waals surface area contributed by atoms with Gasteiger partial charge in [-0.2, -0.15) is 0 Å². The Morgan fingerprint density at radius 3 is 1.30 bits per heavy atom. The molecule has 0 heterocycles. The number of rotatable bonds is 17. The molecule has 0 unspecified atom stereocenters. The quantitative estimate of drug-likeness (QED) is 0.103. The van der Waals surface area contributed by atoms with Gasteiger partial charge in [0.25, 0.3) is 0 Å². The highest BCUT2D eigenvalue weighted by molar-refractivity contribution is 5.90. The Morgan fingerprint density at radius 2 is 0.867 bits per heavy atom. The van der Waals surface area contributed by atoms with Gasteiger partial charge in [-0.15, -0.1) is 0 Å². The van der Waals surface area contributed by atoms with Crippen molar-refractivity contribution in [2.75, 3.05) is 0 Å². The molecule has 0 aromatic carbocycles. The summed E-state index contributed by atoms with van der Waals surface area (Å²) in [5, 5.41) is 24.6. The number of hydrogen-bond donors (Lipinski definition) is 3. The van der Waals surface area contributed by atoms with Crippen molar-refractivity contribution in [3.63, 3.8) is 0 Å². The minimum absolute atomic E-state index is 0.0533. The molecule has 170 valence electrons. The number of carboxylic acids is 2. The van der Waals surface area contributed by atoms with E-state index in [0.717, 1.165) is 0 Å². The van der Waals surface area contributed by atoms with Crippen LogP contribution < -0.4 is 0 Å². The summed E-state index contributed by atoms with van der Waals surface area (Å²) in [6.07, 6.45) is 4.75. The first-order valence-corrected chi connectivity index (χ1v) is 10.2. The number of nitrogens with one attached hydrogen (secondary N) is 1. The van der Waals surface area contributed by atoms with Crippen LogP contribution in [0.3, 0.4) is 0 Å². The molecule has 0 aromatic rings. The van der Waals surface area contributed by atoms with Crippen molar-refractivity contribution < 1.29 is 43.7 Å². The first-order valence-electron chi connectivity index (χ1n) is 10.2. The van der Waals surface area contributed by atoms with Crippen LogP contribution in [0.5, 0.6) is 0 Å². The Labute approximate surface area is 175 Å². The van der Waals surface area contributed by atoms with Gasteiger partial charge in [0.1, 0.15) is 0 Å². The Bertz CT molecular complexity index is 549. The maximum Gasteiger partial charge on any atom is 0.313 e. The Morgan fingerprint density at radius 1 is 0.500 bits per heavy atom. The third kappa shape index (κ3) is 18.6. The molecular formula is C20H31NO9. The van der Waals surface area contributed by atoms with Crippen molar-refractivity contribution in [3.8, 4) is 0 Å². The molecule has 3 N–H and O–H groups in total. The minimum Gasteiger partial charge on any atom is -0.481 e. The Hall–Kier alpha value is -2.78. The first-order chi connectivity index (χ1) is 14.2. The van der Waals surface area contributed by atoms with Gasteiger partial charge >= 0.3 is 29.8 Å². The zero-order chi connectivity index (χ0) is 22.8. The molecule has 0 aliphatic carbocycles. The number of unbranched alkanes of at least 4 members (excludes halogenated alkanes) is 6. The van der Waals surface area contributed by atoms with Crippen LogP contribution in [0.15, 0.2) is 0 Å². The number of carbonyl (C=O) groups excluding carboxylic acids is 3. The van der Waals surface area contributed by atoms with Gasteiger partial charge in [-0.3, -0.25) is 29.4 Å². The van der Waals surface area contributed by atoms with Crippen molar-refractivity contribution in [3.05, 3.63) is 0 Å². The number of carboxylic acid groups (broad SMARTS) is 2. The van der Waals surface area contributed by atoms with E-state index in [2.05, 4.69) is 4.74 Å². The molecule has 30 heavy (non-hydrogen) atoms. The zero-order valence-electron chi connectivity index (χ0n) is 17.2. The summed E-state index contributed by atoms with van der Waals surface area (Å²) in [5.41, 5.74) is 0. The number of esters is 3. The predicted molar refractivity (Wildman–Crippen MR) is 105 cm³/mol. The van der Waals surface area contributed by atoms with Crippen LogP contribution in [0.4, 0.5) is 0 Å². The lowest BCUT2D eigenvalue weighted by Gasteiger charge is -2.06. The van der Waals surface area contributed by atoms with Crippen LogP contribution in [0.2, 0.25) is 0 Å². The fourth-order valence-corrected chi connectivity index (χ4v) is 2.48. The van der Waals surface area contributed by atoms with E-state index in [9.17, 15) is 24.0 Å². The molecule has 0 spiro atoms. The van der Waals surface area contributed by atoms with Gasteiger partial charge in [-0.05, 0) is 25.7 Å². The number of carbonyl (C=O) groups is 5. The summed E-state index contributed by atoms with van der Waals surface area (Å²) in [7, 11) is 0. The predicted octanol–water partition coefficient (Wildman–Crippen LogP) is 3.21. The smallest absolute Gasteiger partial charge is 0.313 e. The van der Waals surface area contributed by atoms with Gasteiger partial charge in [0, 0.05) is 32.1 Å². The standard InChI is InChI=1S/C20H31NO9/c21-15(29-18(26)11-7-3-1-5-9-16(22)23)13-14-20(28)30-19(27)12-8-4-2-6-10-17(24)25/h21H,1-14H2,(H,22,23)(H,24,25). The summed E-state index contributed by atoms with van der Waals surface area (Å²) >= 11 is 0. The van der Waals surface area contributed by atoms with Gasteiger partial charge < -0.3 is 19.7 Å². The molecule has 10 heteroatoms. The number of aliphatic carboxylic acids is 2. The Kier molecular flexibility index (Phi) is 15.5. The van der Waals surface area contributed by atoms with E-state index in [1.165, 1.54) is 0 Å². The zero-order valence-corrected chi connectivity index (χ0v) is 17.2. The molecule has 0 radical (unpaired) electrons. The molecule has 0 fully saturated rings. The van der Waals surface area contributed by atoms with Gasteiger partial charge in [-0.1, -0.05) is 25.7 Å². The molecule has 0 aromatic heterocycles. The lowest BCUT2D eigenvalue weighted by molar-refractivity contribution is -0.160. The van der Waals surface area contributed by atoms with Crippen molar-refractivity contribution in [1.29, 1.82) is 5.41 Å². The SMILES string of the molecule is N=C(CCC(=O)OC(=O)CCCCCCC(=O)O)OC(=O)CCCCCCC(=O)O. The van der Waals surface area contributed by atoms with E-state index in [-0.39, 0.29) is 44.4 Å². The van der Waals surface area contributed by atoms with E-state index in [1.54, 1.807) is 0 Å². The molecule has 0 saturated heterocycles. The number of hydrogen-bond acceptors (Lipinski definition) is 8. The maximum absolute atomic E-state index is 11.6. The highest BCUT2D eigenvalue weighted by Gasteiger charge is 2.14. The molecular weight excluding hydrogens is 398 g/mol. The van der Waals surface area contributed by atoms with Crippen molar-refractivity contribution in [2.24, 2.45) is 0 Å². The van der Waals surface area contributed by atoms with Crippen molar-refractivity contribution in [1.82, 2.24) is 0 Å². The van der Waals surface area contributed by atoms with E-state index in [1.807, 2.05) is 0 Å². The Balaban J connectivity index is 3.73. The fourth-order valence-electron chi connectivity index (χ4n) is 2.48. The van der Waals surface area contributed by atoms with E-state index < -0.39 is 29.8 Å². The van der Waals surface area contributed by atoms with Crippen LogP contribution in [0.1, 0.15) is 89.9 Å². The highest BCUT2D eigenvalue weighted by atomic mass is 16.6. The van der Waals surface area contributed by atoms with Gasteiger partial charge in [0.05, 0.1) is 6.42 Å². The topological polar surface area (TPSA) is 168 Å². The largest absolute Gasteiger partial charge is 0.481 e. The van der Waals surface area contributed by atoms with Gasteiger partial charge in [0.15, 0.2) is 5.90 Å². The van der Waals surface area contributed by atoms with Crippen LogP contribution in [-0.2, 0) is 33.4 Å². The highest BCUT2D eigenvalue weighted by Crippen LogP contribution is 2.08. The molecule has 0 saturated carbocycles. The lowest BCUT2D eigenvalue weighted by Crippen LogP contribution is -2.16. The van der Waals surface area contributed by atoms with Crippen LogP contribution in [-0.4, -0.2) is 46.0 Å². The summed E-state index contributed by atoms with van der Waals surface area (Å²) in [6.45, 7) is 0. The van der Waals surface area contributed by atoms with Gasteiger partial charge in [-0.25, -0.2) is 0 Å². The van der Waals surface area contributed by atoms with Gasteiger partial charge in [0.2, 0.25) is 0 Å². The van der Waals surface area contributed by atoms with E-state index in [4.69, 9.17) is 20.4 Å². The lowest BCUT2D eigenvalue weighted by atomic mass is 10.1. The average Bonchev–Trinajstić information content (AvgIpc) is 2.65. The second-order valence-corrected chi connectivity index (χ2v) is 6.86. The van der Waals surface area contributed by atoms with Crippen LogP contribution in [0.25, 0.3) is 0 Å². The van der Waals surface area contributed by atoms with E-state index >= 15 is 0 Å². The summed E-state index contributed by atoms with van der Waals surface area (Å²) < 4.78 is 9.40. The third-order valence-electron chi connectivity index (χ3n) is 4.06. The molecule has 0 aliphatic rings. The first kappa shape index (κ1) is 27.2. The third-order valence-corrected chi connectivity index (χ3v) is 4.06. The van der Waals surface area contributed by atoms with Crippen LogP contribution >= 0.6 is 0 Å². The monoisotopic (exact) mass is 429 g/mol. The van der Waals surface area contributed by atoms with Crippen molar-refractivity contribution >= 4 is 35.7 Å². The molecule has 0 amide bonds. The second-order valence-electron chi connectivity index (χ2n) is 6.86. The normalized spacial score (nSPS) is 10.3. The molecule has 0 atom stereocenters. The second kappa shape index (κ2) is 17.1. The minimum atomic E-state index is -0.857. The average molecular weight is 429 g/mol. The molecule has 0 bridgehead atoms. The molecule has 0 rings (SSSR count). The van der Waals surface area contributed by atoms with Crippen LogP contribution in [0, 0.1) is 5.41 Å². The number of ether oxygens (including phenoxy) is 2. The van der Waals surface area contributed by atoms with Crippen molar-refractivity contribution in [2.45, 2.75) is 89.9 Å². The summed E-state index contributed by atoms with van der Waals surface area (Å²) in [6, 6.07) is 0. The summed E-state index contributed by atoms with van der Waals surface area (Å²) in [5.74, 6) is -4.16. The summed E-state index contributed by atoms with van der Waals surface area (Å²) in [4.78, 5) is 55.4. The fraction of sp³-hybridized carbons (Fsp3) is 0.700. The molecule has 0 aliphatic heterocycles. The molecule has 10 nitrogen and oxygen atoms in total. The maximum atomic E-state index is 11.6. The van der Waals surface area contributed by atoms with E-state index in [0.29, 0.717) is 51.4 Å².